The summed E-state index contributed by atoms with van der Waals surface area (Å²) in [6.07, 6.45) is 1.59. The molecule has 1 aliphatic heterocycles. The lowest BCUT2D eigenvalue weighted by molar-refractivity contribution is -0.137. The maximum absolute atomic E-state index is 11.9. The fraction of sp³-hybridized carbons (Fsp3) is 0.273. The zero-order chi connectivity index (χ0) is 14.2. The second-order valence-electron chi connectivity index (χ2n) is 3.79. The lowest BCUT2D eigenvalue weighted by Crippen LogP contribution is -2.29. The lowest BCUT2D eigenvalue weighted by Gasteiger charge is -2.20. The zero-order valence-electron chi connectivity index (χ0n) is 10.5. The maximum Gasteiger partial charge on any atom is 0.355 e. The van der Waals surface area contributed by atoms with E-state index in [4.69, 9.17) is 0 Å². The molecule has 1 unspecified atom stereocenters. The molecule has 1 atom stereocenters. The SMILES string of the molecule is COC(=O)C1=CC(c2cc(C)c(Br)s2)=NS(=O)N1C. The molecule has 102 valence electrons. The molecule has 0 aromatic carbocycles. The Morgan fingerprint density at radius 2 is 2.26 bits per heavy atom. The van der Waals surface area contributed by atoms with Crippen LogP contribution in [0.1, 0.15) is 10.4 Å². The third-order valence-corrected chi connectivity index (χ3v) is 5.70. The van der Waals surface area contributed by atoms with Crippen LogP contribution in [0, 0.1) is 6.92 Å². The van der Waals surface area contributed by atoms with Crippen molar-refractivity contribution in [3.05, 3.63) is 32.1 Å². The molecule has 2 heterocycles. The maximum atomic E-state index is 11.9. The van der Waals surface area contributed by atoms with Crippen molar-refractivity contribution in [1.82, 2.24) is 4.31 Å². The van der Waals surface area contributed by atoms with Crippen LogP contribution in [0.25, 0.3) is 0 Å². The van der Waals surface area contributed by atoms with Crippen LogP contribution in [0.3, 0.4) is 0 Å². The summed E-state index contributed by atoms with van der Waals surface area (Å²) in [5.74, 6) is -0.532. The van der Waals surface area contributed by atoms with Crippen molar-refractivity contribution >= 4 is 50.1 Å². The number of hydrogen-bond acceptors (Lipinski definition) is 4. The molecule has 5 nitrogen and oxygen atoms in total. The molecule has 0 spiro atoms. The highest BCUT2D eigenvalue weighted by molar-refractivity contribution is 9.11. The second-order valence-corrected chi connectivity index (χ2v) is 7.36. The van der Waals surface area contributed by atoms with Gasteiger partial charge in [0.1, 0.15) is 5.70 Å². The Morgan fingerprint density at radius 3 is 2.79 bits per heavy atom. The van der Waals surface area contributed by atoms with Gasteiger partial charge in [0.15, 0.2) is 0 Å². The molecule has 8 heteroatoms. The molecule has 1 aliphatic rings. The van der Waals surface area contributed by atoms with Crippen LogP contribution in [-0.2, 0) is 20.7 Å². The van der Waals surface area contributed by atoms with Crippen LogP contribution in [0.2, 0.25) is 0 Å². The average molecular weight is 363 g/mol. The summed E-state index contributed by atoms with van der Waals surface area (Å²) in [5, 5.41) is 0. The van der Waals surface area contributed by atoms with E-state index in [1.807, 2.05) is 13.0 Å². The molecule has 0 aliphatic carbocycles. The fourth-order valence-corrected chi connectivity index (χ4v) is 3.76. The third-order valence-electron chi connectivity index (χ3n) is 2.53. The van der Waals surface area contributed by atoms with Crippen LogP contribution >= 0.6 is 27.3 Å². The van der Waals surface area contributed by atoms with Crippen LogP contribution in [0.15, 0.2) is 26.0 Å². The Bertz CT molecular complexity index is 602. The van der Waals surface area contributed by atoms with Crippen molar-refractivity contribution in [1.29, 1.82) is 0 Å². The lowest BCUT2D eigenvalue weighted by atomic mass is 10.2. The number of ether oxygens (including phenoxy) is 1. The van der Waals surface area contributed by atoms with Gasteiger partial charge in [0.25, 0.3) is 0 Å². The number of methoxy groups -OCH3 is 1. The number of likely N-dealkylation sites (N-methyl/N-ethyl adjacent to an activating group) is 1. The molecular formula is C11H11BrN2O3S2. The van der Waals surface area contributed by atoms with Crippen molar-refractivity contribution in [3.63, 3.8) is 0 Å². The summed E-state index contributed by atoms with van der Waals surface area (Å²) in [5.41, 5.74) is 1.82. The number of allylic oxidation sites excluding steroid dienone is 1. The van der Waals surface area contributed by atoms with E-state index in [1.54, 1.807) is 6.08 Å². The first kappa shape index (κ1) is 14.4. The van der Waals surface area contributed by atoms with Gasteiger partial charge in [-0.05, 0) is 40.6 Å². The summed E-state index contributed by atoms with van der Waals surface area (Å²) < 4.78 is 22.9. The van der Waals surface area contributed by atoms with Gasteiger partial charge in [0.05, 0.1) is 21.5 Å². The standard InChI is InChI=1S/C11H11BrN2O3S2/c1-6-4-9(18-10(6)12)7-5-8(11(15)17-3)14(2)19(16)13-7/h4-5H,1-3H3. The normalized spacial score (nSPS) is 18.9. The Hall–Kier alpha value is -0.990. The summed E-state index contributed by atoms with van der Waals surface area (Å²) >= 11 is 3.29. The van der Waals surface area contributed by atoms with Crippen molar-refractivity contribution in [2.75, 3.05) is 14.2 Å². The largest absolute Gasteiger partial charge is 0.464 e. The van der Waals surface area contributed by atoms with Crippen molar-refractivity contribution < 1.29 is 13.7 Å². The molecule has 1 aromatic rings. The predicted octanol–water partition coefficient (Wildman–Crippen LogP) is 2.19. The minimum Gasteiger partial charge on any atom is -0.464 e. The first-order chi connectivity index (χ1) is 8.93. The molecule has 0 amide bonds. The number of rotatable bonds is 2. The molecule has 0 radical (unpaired) electrons. The topological polar surface area (TPSA) is 59.0 Å². The number of thiophene rings is 1. The summed E-state index contributed by atoms with van der Waals surface area (Å²) in [4.78, 5) is 12.5. The number of esters is 1. The number of carbonyl (C=O) groups is 1. The summed E-state index contributed by atoms with van der Waals surface area (Å²) in [6, 6.07) is 1.93. The number of carbonyl (C=O) groups excluding carboxylic acids is 1. The monoisotopic (exact) mass is 362 g/mol. The summed E-state index contributed by atoms with van der Waals surface area (Å²) in [7, 11) is 2.83. The molecular weight excluding hydrogens is 352 g/mol. The molecule has 0 fully saturated rings. The highest BCUT2D eigenvalue weighted by Crippen LogP contribution is 2.29. The predicted molar refractivity (Wildman–Crippen MR) is 79.3 cm³/mol. The van der Waals surface area contributed by atoms with Gasteiger partial charge in [-0.3, -0.25) is 4.31 Å². The van der Waals surface area contributed by atoms with Gasteiger partial charge in [-0.25, -0.2) is 9.00 Å². The molecule has 2 rings (SSSR count). The van der Waals surface area contributed by atoms with E-state index in [0.717, 1.165) is 14.2 Å². The van der Waals surface area contributed by atoms with Crippen LogP contribution in [0.4, 0.5) is 0 Å². The van der Waals surface area contributed by atoms with Gasteiger partial charge in [-0.2, -0.15) is 4.40 Å². The van der Waals surface area contributed by atoms with Crippen LogP contribution < -0.4 is 0 Å². The van der Waals surface area contributed by atoms with E-state index in [0.29, 0.717) is 5.71 Å². The minimum absolute atomic E-state index is 0.230. The molecule has 1 aromatic heterocycles. The second kappa shape index (κ2) is 5.56. The van der Waals surface area contributed by atoms with Crippen LogP contribution in [0.5, 0.6) is 0 Å². The van der Waals surface area contributed by atoms with E-state index >= 15 is 0 Å². The molecule has 0 saturated heterocycles. The summed E-state index contributed by atoms with van der Waals surface area (Å²) in [6.45, 7) is 1.96. The third kappa shape index (κ3) is 2.80. The average Bonchev–Trinajstić information content (AvgIpc) is 2.72. The van der Waals surface area contributed by atoms with E-state index in [9.17, 15) is 9.00 Å². The van der Waals surface area contributed by atoms with Crippen molar-refractivity contribution in [2.24, 2.45) is 4.40 Å². The van der Waals surface area contributed by atoms with Crippen molar-refractivity contribution in [2.45, 2.75) is 6.92 Å². The molecule has 0 N–H and O–H groups in total. The Kier molecular flexibility index (Phi) is 4.22. The van der Waals surface area contributed by atoms with E-state index in [-0.39, 0.29) is 5.70 Å². The van der Waals surface area contributed by atoms with E-state index in [2.05, 4.69) is 25.1 Å². The van der Waals surface area contributed by atoms with Gasteiger partial charge in [-0.1, -0.05) is 0 Å². The Balaban J connectivity index is 2.46. The number of hydrogen-bond donors (Lipinski definition) is 0. The van der Waals surface area contributed by atoms with Gasteiger partial charge < -0.3 is 4.74 Å². The minimum atomic E-state index is -1.62. The highest BCUT2D eigenvalue weighted by atomic mass is 79.9. The first-order valence-electron chi connectivity index (χ1n) is 5.24. The van der Waals surface area contributed by atoms with Gasteiger partial charge in [0, 0.05) is 7.05 Å². The molecule has 0 saturated carbocycles. The van der Waals surface area contributed by atoms with E-state index < -0.39 is 17.1 Å². The Morgan fingerprint density at radius 1 is 1.58 bits per heavy atom. The number of nitrogens with zero attached hydrogens (tertiary/aromatic N) is 2. The zero-order valence-corrected chi connectivity index (χ0v) is 13.7. The molecule has 0 bridgehead atoms. The van der Waals surface area contributed by atoms with Gasteiger partial charge >= 0.3 is 5.97 Å². The van der Waals surface area contributed by atoms with Crippen LogP contribution in [-0.4, -0.2) is 34.4 Å². The van der Waals surface area contributed by atoms with Gasteiger partial charge in [0.2, 0.25) is 11.2 Å². The quantitative estimate of drug-likeness (QED) is 0.757. The number of aryl methyl sites for hydroxylation is 1. The highest BCUT2D eigenvalue weighted by Gasteiger charge is 2.25. The van der Waals surface area contributed by atoms with E-state index in [1.165, 1.54) is 29.8 Å². The number of halogens is 1. The van der Waals surface area contributed by atoms with Crippen molar-refractivity contribution in [3.8, 4) is 0 Å². The smallest absolute Gasteiger partial charge is 0.355 e. The fourth-order valence-electron chi connectivity index (χ4n) is 1.47. The molecule has 19 heavy (non-hydrogen) atoms. The van der Waals surface area contributed by atoms with Gasteiger partial charge in [-0.15, -0.1) is 11.3 Å². The first-order valence-corrected chi connectivity index (χ1v) is 7.92. The Labute approximate surface area is 125 Å².